The zero-order valence-corrected chi connectivity index (χ0v) is 17.0. The van der Waals surface area contributed by atoms with E-state index in [0.29, 0.717) is 33.7 Å². The molecule has 3 aromatic rings. The average molecular weight is 410 g/mol. The van der Waals surface area contributed by atoms with Crippen LogP contribution in [-0.2, 0) is 4.79 Å². The standard InChI is InChI=1S/C21H20ClN5O2/c1-12-8-9-14(22)10-16(12)26-20(28)18-13(2)25-21-23-11-24-27(21)19(18)15-6-4-5-7-17(15)29-3/h4-11,19H,1-3H3,(H,26,28)(H,23,24,25)/t19-/m0/s1. The summed E-state index contributed by atoms with van der Waals surface area (Å²) >= 11 is 6.12. The summed E-state index contributed by atoms with van der Waals surface area (Å²) in [4.78, 5) is 17.7. The topological polar surface area (TPSA) is 81.1 Å². The Bertz CT molecular complexity index is 1120. The maximum absolute atomic E-state index is 13.4. The number of para-hydroxylation sites is 1. The molecule has 2 N–H and O–H groups in total. The summed E-state index contributed by atoms with van der Waals surface area (Å²) in [5.41, 5.74) is 3.60. The molecule has 1 atom stereocenters. The fraction of sp³-hybridized carbons (Fsp3) is 0.190. The Kier molecular flexibility index (Phi) is 4.98. The molecule has 2 heterocycles. The Morgan fingerprint density at radius 1 is 1.24 bits per heavy atom. The van der Waals surface area contributed by atoms with Crippen LogP contribution in [0, 0.1) is 6.92 Å². The minimum atomic E-state index is -0.496. The van der Waals surface area contributed by atoms with Gasteiger partial charge >= 0.3 is 0 Å². The Labute approximate surface area is 173 Å². The van der Waals surface area contributed by atoms with Crippen LogP contribution in [0.25, 0.3) is 0 Å². The summed E-state index contributed by atoms with van der Waals surface area (Å²) in [5, 5.41) is 11.1. The number of allylic oxidation sites excluding steroid dienone is 1. The molecule has 0 aliphatic carbocycles. The molecule has 2 aromatic carbocycles. The number of anilines is 2. The molecule has 0 fully saturated rings. The molecular formula is C21H20ClN5O2. The molecule has 148 valence electrons. The Balaban J connectivity index is 1.81. The maximum atomic E-state index is 13.4. The average Bonchev–Trinajstić information content (AvgIpc) is 3.17. The van der Waals surface area contributed by atoms with Crippen LogP contribution >= 0.6 is 11.6 Å². The van der Waals surface area contributed by atoms with Crippen molar-refractivity contribution in [2.45, 2.75) is 19.9 Å². The van der Waals surface area contributed by atoms with E-state index in [4.69, 9.17) is 16.3 Å². The van der Waals surface area contributed by atoms with Gasteiger partial charge in [0.05, 0.1) is 12.7 Å². The molecule has 0 unspecified atom stereocenters. The second kappa shape index (κ2) is 7.60. The number of ether oxygens (including phenoxy) is 1. The van der Waals surface area contributed by atoms with Crippen molar-refractivity contribution >= 4 is 29.1 Å². The molecule has 0 spiro atoms. The van der Waals surface area contributed by atoms with Gasteiger partial charge in [-0.3, -0.25) is 4.79 Å². The zero-order chi connectivity index (χ0) is 20.5. The maximum Gasteiger partial charge on any atom is 0.255 e. The minimum absolute atomic E-state index is 0.252. The van der Waals surface area contributed by atoms with Gasteiger partial charge in [0.2, 0.25) is 5.95 Å². The molecule has 1 aliphatic rings. The van der Waals surface area contributed by atoms with Crippen LogP contribution in [0.4, 0.5) is 11.6 Å². The van der Waals surface area contributed by atoms with Crippen molar-refractivity contribution in [3.63, 3.8) is 0 Å². The quantitative estimate of drug-likeness (QED) is 0.675. The van der Waals surface area contributed by atoms with E-state index in [0.717, 1.165) is 11.1 Å². The van der Waals surface area contributed by atoms with Gasteiger partial charge in [-0.05, 0) is 37.6 Å². The second-order valence-corrected chi connectivity index (χ2v) is 7.19. The van der Waals surface area contributed by atoms with Crippen molar-refractivity contribution in [3.05, 3.63) is 76.2 Å². The van der Waals surface area contributed by atoms with E-state index in [-0.39, 0.29) is 5.91 Å². The van der Waals surface area contributed by atoms with E-state index in [1.165, 1.54) is 6.33 Å². The fourth-order valence-electron chi connectivity index (χ4n) is 3.48. The number of carbonyl (C=O) groups excluding carboxylic acids is 1. The number of aromatic nitrogens is 3. The van der Waals surface area contributed by atoms with Gasteiger partial charge in [-0.2, -0.15) is 10.1 Å². The first-order chi connectivity index (χ1) is 14.0. The SMILES string of the molecule is COc1ccccc1[C@H]1C(C(=O)Nc2cc(Cl)ccc2C)=C(C)Nc2ncnn21. The highest BCUT2D eigenvalue weighted by Crippen LogP contribution is 2.39. The first-order valence-corrected chi connectivity index (χ1v) is 9.45. The second-order valence-electron chi connectivity index (χ2n) is 6.75. The highest BCUT2D eigenvalue weighted by molar-refractivity contribution is 6.31. The van der Waals surface area contributed by atoms with Crippen LogP contribution < -0.4 is 15.4 Å². The molecule has 7 nitrogen and oxygen atoms in total. The molecule has 29 heavy (non-hydrogen) atoms. The molecule has 1 aliphatic heterocycles. The molecule has 1 aromatic heterocycles. The summed E-state index contributed by atoms with van der Waals surface area (Å²) < 4.78 is 7.24. The van der Waals surface area contributed by atoms with Crippen LogP contribution in [-0.4, -0.2) is 27.8 Å². The number of aryl methyl sites for hydroxylation is 1. The number of halogens is 1. The van der Waals surface area contributed by atoms with Gasteiger partial charge in [-0.15, -0.1) is 0 Å². The number of methoxy groups -OCH3 is 1. The van der Waals surface area contributed by atoms with Crippen molar-refractivity contribution in [3.8, 4) is 5.75 Å². The van der Waals surface area contributed by atoms with E-state index in [1.807, 2.05) is 44.2 Å². The third kappa shape index (κ3) is 3.45. The van der Waals surface area contributed by atoms with Gasteiger partial charge in [0.25, 0.3) is 5.91 Å². The summed E-state index contributed by atoms with van der Waals surface area (Å²) in [6.07, 6.45) is 1.46. The van der Waals surface area contributed by atoms with E-state index in [1.54, 1.807) is 23.9 Å². The zero-order valence-electron chi connectivity index (χ0n) is 16.2. The minimum Gasteiger partial charge on any atom is -0.496 e. The monoisotopic (exact) mass is 409 g/mol. The largest absolute Gasteiger partial charge is 0.496 e. The molecule has 0 bridgehead atoms. The number of hydrogen-bond acceptors (Lipinski definition) is 5. The molecule has 0 radical (unpaired) electrons. The summed E-state index contributed by atoms with van der Waals surface area (Å²) in [6.45, 7) is 3.76. The summed E-state index contributed by atoms with van der Waals surface area (Å²) in [6, 6.07) is 12.5. The van der Waals surface area contributed by atoms with E-state index < -0.39 is 6.04 Å². The predicted octanol–water partition coefficient (Wildman–Crippen LogP) is 4.18. The number of fused-ring (bicyclic) bond motifs is 1. The molecule has 8 heteroatoms. The molecular weight excluding hydrogens is 390 g/mol. The Morgan fingerprint density at radius 2 is 2.03 bits per heavy atom. The third-order valence-electron chi connectivity index (χ3n) is 4.92. The lowest BCUT2D eigenvalue weighted by atomic mass is 9.94. The van der Waals surface area contributed by atoms with Crippen molar-refractivity contribution in [2.75, 3.05) is 17.7 Å². The van der Waals surface area contributed by atoms with Crippen LogP contribution in [0.5, 0.6) is 5.75 Å². The molecule has 4 rings (SSSR count). The lowest BCUT2D eigenvalue weighted by Gasteiger charge is -2.29. The van der Waals surface area contributed by atoms with Gasteiger partial charge in [0.15, 0.2) is 0 Å². The summed E-state index contributed by atoms with van der Waals surface area (Å²) in [7, 11) is 1.60. The first-order valence-electron chi connectivity index (χ1n) is 9.07. The number of nitrogens with zero attached hydrogens (tertiary/aromatic N) is 3. The lowest BCUT2D eigenvalue weighted by Crippen LogP contribution is -2.31. The van der Waals surface area contributed by atoms with Crippen molar-refractivity contribution in [1.82, 2.24) is 14.8 Å². The normalized spacial score (nSPS) is 15.5. The van der Waals surface area contributed by atoms with Crippen molar-refractivity contribution in [2.24, 2.45) is 0 Å². The highest BCUT2D eigenvalue weighted by atomic mass is 35.5. The van der Waals surface area contributed by atoms with E-state index >= 15 is 0 Å². The smallest absolute Gasteiger partial charge is 0.255 e. The van der Waals surface area contributed by atoms with Gasteiger partial charge < -0.3 is 15.4 Å². The van der Waals surface area contributed by atoms with E-state index in [2.05, 4.69) is 20.7 Å². The number of hydrogen-bond donors (Lipinski definition) is 2. The van der Waals surface area contributed by atoms with Gasteiger partial charge in [-0.25, -0.2) is 4.68 Å². The van der Waals surface area contributed by atoms with Crippen LogP contribution in [0.15, 0.2) is 60.1 Å². The molecule has 1 amide bonds. The molecule has 0 saturated heterocycles. The lowest BCUT2D eigenvalue weighted by molar-refractivity contribution is -0.113. The van der Waals surface area contributed by atoms with Gasteiger partial charge in [-0.1, -0.05) is 35.9 Å². The Hall–Kier alpha value is -3.32. The number of carbonyl (C=O) groups is 1. The Morgan fingerprint density at radius 3 is 2.83 bits per heavy atom. The summed E-state index contributed by atoms with van der Waals surface area (Å²) in [5.74, 6) is 0.976. The van der Waals surface area contributed by atoms with Crippen molar-refractivity contribution in [1.29, 1.82) is 0 Å². The predicted molar refractivity (Wildman–Crippen MR) is 112 cm³/mol. The number of nitrogens with one attached hydrogen (secondary N) is 2. The molecule has 0 saturated carbocycles. The van der Waals surface area contributed by atoms with Crippen LogP contribution in [0.3, 0.4) is 0 Å². The number of benzene rings is 2. The third-order valence-corrected chi connectivity index (χ3v) is 5.16. The number of rotatable bonds is 4. The van der Waals surface area contributed by atoms with Gasteiger partial charge in [0, 0.05) is 22.0 Å². The number of amides is 1. The van der Waals surface area contributed by atoms with Gasteiger partial charge in [0.1, 0.15) is 18.1 Å². The van der Waals surface area contributed by atoms with Crippen LogP contribution in [0.1, 0.15) is 24.1 Å². The first kappa shape index (κ1) is 19.0. The van der Waals surface area contributed by atoms with Crippen LogP contribution in [0.2, 0.25) is 5.02 Å². The van der Waals surface area contributed by atoms with Crippen molar-refractivity contribution < 1.29 is 9.53 Å². The highest BCUT2D eigenvalue weighted by Gasteiger charge is 2.35. The van der Waals surface area contributed by atoms with E-state index in [9.17, 15) is 4.79 Å². The fourth-order valence-corrected chi connectivity index (χ4v) is 3.66.